The van der Waals surface area contributed by atoms with E-state index in [9.17, 15) is 4.79 Å². The Labute approximate surface area is 99.0 Å². The van der Waals surface area contributed by atoms with Crippen LogP contribution in [0.2, 0.25) is 0 Å². The quantitative estimate of drug-likeness (QED) is 0.841. The zero-order valence-corrected chi connectivity index (χ0v) is 10.3. The number of thiazole rings is 1. The molecule has 1 fully saturated rings. The minimum atomic E-state index is 0.0277. The van der Waals surface area contributed by atoms with Gasteiger partial charge in [-0.15, -0.1) is 0 Å². The molecule has 0 spiro atoms. The first-order valence-electron chi connectivity index (χ1n) is 5.71. The summed E-state index contributed by atoms with van der Waals surface area (Å²) in [6.07, 6.45) is 5.03. The monoisotopic (exact) mass is 242 g/mol. The van der Waals surface area contributed by atoms with Crippen LogP contribution in [0.1, 0.15) is 31.4 Å². The van der Waals surface area contributed by atoms with Crippen LogP contribution in [0.5, 0.6) is 0 Å². The fourth-order valence-electron chi connectivity index (χ4n) is 2.16. The van der Waals surface area contributed by atoms with E-state index >= 15 is 0 Å². The van der Waals surface area contributed by atoms with Crippen molar-refractivity contribution in [3.05, 3.63) is 20.7 Å². The van der Waals surface area contributed by atoms with Crippen molar-refractivity contribution in [1.82, 2.24) is 10.3 Å². The molecule has 90 valence electrons. The summed E-state index contributed by atoms with van der Waals surface area (Å²) < 4.78 is 5.33. The lowest BCUT2D eigenvalue weighted by atomic mass is 9.93. The number of hydrogen-bond acceptors (Lipinski definition) is 4. The number of nitrogens with one attached hydrogen (secondary N) is 2. The van der Waals surface area contributed by atoms with Crippen LogP contribution in [0.3, 0.4) is 0 Å². The van der Waals surface area contributed by atoms with Crippen molar-refractivity contribution in [2.75, 3.05) is 7.11 Å². The summed E-state index contributed by atoms with van der Waals surface area (Å²) >= 11 is 1.22. The predicted octanol–water partition coefficient (Wildman–Crippen LogP) is 1.48. The molecule has 1 aromatic heterocycles. The van der Waals surface area contributed by atoms with Gasteiger partial charge in [0.2, 0.25) is 0 Å². The average Bonchev–Trinajstić information content (AvgIpc) is 2.73. The summed E-state index contributed by atoms with van der Waals surface area (Å²) in [6, 6.07) is 0.565. The van der Waals surface area contributed by atoms with Gasteiger partial charge in [0.15, 0.2) is 0 Å². The number of rotatable bonds is 4. The number of aromatic nitrogens is 1. The largest absolute Gasteiger partial charge is 0.381 e. The number of aromatic amines is 1. The molecule has 0 unspecified atom stereocenters. The van der Waals surface area contributed by atoms with Crippen LogP contribution >= 0.6 is 11.3 Å². The zero-order chi connectivity index (χ0) is 11.4. The summed E-state index contributed by atoms with van der Waals surface area (Å²) in [4.78, 5) is 13.8. The lowest BCUT2D eigenvalue weighted by Crippen LogP contribution is -2.34. The summed E-state index contributed by atoms with van der Waals surface area (Å²) in [5.74, 6) is 0. The Morgan fingerprint density at radius 1 is 1.50 bits per heavy atom. The van der Waals surface area contributed by atoms with Crippen LogP contribution in [0, 0.1) is 0 Å². The molecule has 0 bridgehead atoms. The van der Waals surface area contributed by atoms with Crippen LogP contribution in [-0.2, 0) is 11.3 Å². The molecule has 1 aliphatic carbocycles. The van der Waals surface area contributed by atoms with Crippen molar-refractivity contribution < 1.29 is 4.74 Å². The lowest BCUT2D eigenvalue weighted by molar-refractivity contribution is 0.0623. The van der Waals surface area contributed by atoms with E-state index in [4.69, 9.17) is 4.74 Å². The first-order valence-corrected chi connectivity index (χ1v) is 6.59. The molecule has 0 aromatic carbocycles. The fourth-order valence-corrected chi connectivity index (χ4v) is 2.74. The summed E-state index contributed by atoms with van der Waals surface area (Å²) in [6.45, 7) is 0.765. The minimum Gasteiger partial charge on any atom is -0.381 e. The standard InChI is InChI=1S/C11H18N2O2S/c1-15-10-4-2-8(3-5-10)12-6-9-7-16-11(14)13-9/h7-8,10,12H,2-6H2,1H3,(H,13,14). The van der Waals surface area contributed by atoms with Crippen LogP contribution < -0.4 is 10.2 Å². The second-order valence-electron chi connectivity index (χ2n) is 4.26. The molecule has 1 heterocycles. The first-order chi connectivity index (χ1) is 7.78. The van der Waals surface area contributed by atoms with Gasteiger partial charge in [-0.05, 0) is 25.7 Å². The van der Waals surface area contributed by atoms with E-state index in [1.165, 1.54) is 11.3 Å². The molecule has 2 N–H and O–H groups in total. The number of ether oxygens (including phenoxy) is 1. The SMILES string of the molecule is COC1CCC(NCc2csc(=O)[nH]2)CC1. The summed E-state index contributed by atoms with van der Waals surface area (Å²) in [5, 5.41) is 5.36. The van der Waals surface area contributed by atoms with Gasteiger partial charge in [0.25, 0.3) is 0 Å². The van der Waals surface area contributed by atoms with Crippen molar-refractivity contribution in [1.29, 1.82) is 0 Å². The van der Waals surface area contributed by atoms with Gasteiger partial charge in [-0.25, -0.2) is 0 Å². The molecule has 2 rings (SSSR count). The van der Waals surface area contributed by atoms with E-state index in [-0.39, 0.29) is 4.87 Å². The lowest BCUT2D eigenvalue weighted by Gasteiger charge is -2.28. The molecule has 1 saturated carbocycles. The maximum atomic E-state index is 10.9. The normalized spacial score (nSPS) is 25.8. The Morgan fingerprint density at radius 3 is 2.81 bits per heavy atom. The van der Waals surface area contributed by atoms with E-state index in [2.05, 4.69) is 10.3 Å². The van der Waals surface area contributed by atoms with Gasteiger partial charge in [-0.3, -0.25) is 4.79 Å². The Bertz CT molecular complexity index is 366. The molecule has 0 amide bonds. The summed E-state index contributed by atoms with van der Waals surface area (Å²) in [7, 11) is 1.79. The van der Waals surface area contributed by atoms with E-state index in [0.717, 1.165) is 37.9 Å². The third-order valence-electron chi connectivity index (χ3n) is 3.16. The molecule has 0 aliphatic heterocycles. The van der Waals surface area contributed by atoms with Gasteiger partial charge in [0.05, 0.1) is 6.10 Å². The highest BCUT2D eigenvalue weighted by molar-refractivity contribution is 7.07. The van der Waals surface area contributed by atoms with E-state index in [1.54, 1.807) is 7.11 Å². The first kappa shape index (κ1) is 11.8. The van der Waals surface area contributed by atoms with E-state index in [1.807, 2.05) is 5.38 Å². The third kappa shape index (κ3) is 3.17. The Kier molecular flexibility index (Phi) is 4.15. The van der Waals surface area contributed by atoms with Crippen LogP contribution in [0.15, 0.2) is 10.2 Å². The minimum absolute atomic E-state index is 0.0277. The Morgan fingerprint density at radius 2 is 2.25 bits per heavy atom. The highest BCUT2D eigenvalue weighted by atomic mass is 32.1. The maximum absolute atomic E-state index is 10.9. The highest BCUT2D eigenvalue weighted by Gasteiger charge is 2.20. The predicted molar refractivity (Wildman–Crippen MR) is 64.8 cm³/mol. The average molecular weight is 242 g/mol. The van der Waals surface area contributed by atoms with Crippen LogP contribution in [0.4, 0.5) is 0 Å². The van der Waals surface area contributed by atoms with Crippen molar-refractivity contribution in [2.24, 2.45) is 0 Å². The fraction of sp³-hybridized carbons (Fsp3) is 0.727. The zero-order valence-electron chi connectivity index (χ0n) is 9.49. The number of hydrogen-bond donors (Lipinski definition) is 2. The van der Waals surface area contributed by atoms with Crippen molar-refractivity contribution in [2.45, 2.75) is 44.4 Å². The van der Waals surface area contributed by atoms with Crippen molar-refractivity contribution in [3.8, 4) is 0 Å². The van der Waals surface area contributed by atoms with E-state index in [0.29, 0.717) is 12.1 Å². The topological polar surface area (TPSA) is 54.1 Å². The molecular weight excluding hydrogens is 224 g/mol. The molecule has 0 radical (unpaired) electrons. The van der Waals surface area contributed by atoms with E-state index < -0.39 is 0 Å². The molecule has 1 aromatic rings. The molecule has 0 atom stereocenters. The van der Waals surface area contributed by atoms with Gasteiger partial charge in [0.1, 0.15) is 0 Å². The highest BCUT2D eigenvalue weighted by Crippen LogP contribution is 2.20. The van der Waals surface area contributed by atoms with Crippen LogP contribution in [-0.4, -0.2) is 24.2 Å². The molecule has 1 aliphatic rings. The smallest absolute Gasteiger partial charge is 0.304 e. The maximum Gasteiger partial charge on any atom is 0.304 e. The molecule has 5 heteroatoms. The van der Waals surface area contributed by atoms with Gasteiger partial charge >= 0.3 is 4.87 Å². The second kappa shape index (κ2) is 5.61. The summed E-state index contributed by atoms with van der Waals surface area (Å²) in [5.41, 5.74) is 0.990. The molecular formula is C11H18N2O2S. The molecule has 4 nitrogen and oxygen atoms in total. The Balaban J connectivity index is 1.73. The third-order valence-corrected chi connectivity index (χ3v) is 3.88. The second-order valence-corrected chi connectivity index (χ2v) is 5.11. The molecule has 0 saturated heterocycles. The number of H-pyrrole nitrogens is 1. The van der Waals surface area contributed by atoms with Gasteiger partial charge < -0.3 is 15.0 Å². The van der Waals surface area contributed by atoms with Gasteiger partial charge in [-0.1, -0.05) is 11.3 Å². The Hall–Kier alpha value is -0.650. The van der Waals surface area contributed by atoms with Crippen LogP contribution in [0.25, 0.3) is 0 Å². The number of methoxy groups -OCH3 is 1. The van der Waals surface area contributed by atoms with Crippen molar-refractivity contribution >= 4 is 11.3 Å². The van der Waals surface area contributed by atoms with Gasteiger partial charge in [-0.2, -0.15) is 0 Å². The molecule has 16 heavy (non-hydrogen) atoms. The van der Waals surface area contributed by atoms with Gasteiger partial charge in [0, 0.05) is 30.8 Å². The van der Waals surface area contributed by atoms with Crippen molar-refractivity contribution in [3.63, 3.8) is 0 Å².